The number of rotatable bonds is 59. The van der Waals surface area contributed by atoms with Crippen molar-refractivity contribution in [3.63, 3.8) is 0 Å². The third-order valence-electron chi connectivity index (χ3n) is 13.7. The number of esters is 3. The Hall–Kier alpha value is -5.23. The van der Waals surface area contributed by atoms with Crippen LogP contribution in [0.1, 0.15) is 278 Å². The van der Waals surface area contributed by atoms with Crippen LogP contribution in [0.5, 0.6) is 0 Å². The maximum Gasteiger partial charge on any atom is 0.306 e. The molecule has 0 aliphatic heterocycles. The minimum atomic E-state index is -0.806. The van der Waals surface area contributed by atoms with Gasteiger partial charge in [0.2, 0.25) is 0 Å². The van der Waals surface area contributed by atoms with Gasteiger partial charge in [-0.3, -0.25) is 14.4 Å². The molecule has 0 aromatic carbocycles. The minimum Gasteiger partial charge on any atom is -0.462 e. The van der Waals surface area contributed by atoms with E-state index in [-0.39, 0.29) is 31.1 Å². The number of hydrogen-bond acceptors (Lipinski definition) is 6. The van der Waals surface area contributed by atoms with E-state index in [2.05, 4.69) is 191 Å². The number of carbonyl (C=O) groups excluding carboxylic acids is 3. The first-order valence-electron chi connectivity index (χ1n) is 33.6. The number of ether oxygens (including phenoxy) is 3. The average molecular weight is 1140 g/mol. The molecular formula is C77H122O6. The van der Waals surface area contributed by atoms with Crippen molar-refractivity contribution >= 4 is 17.9 Å². The molecule has 466 valence electrons. The lowest BCUT2D eigenvalue weighted by atomic mass is 10.1. The summed E-state index contributed by atoms with van der Waals surface area (Å²) in [6.07, 6.45) is 102. The fourth-order valence-corrected chi connectivity index (χ4v) is 8.78. The molecule has 0 amide bonds. The van der Waals surface area contributed by atoms with Crippen molar-refractivity contribution in [3.8, 4) is 0 Å². The highest BCUT2D eigenvalue weighted by atomic mass is 16.6. The summed E-state index contributed by atoms with van der Waals surface area (Å²) in [6.45, 7) is 6.27. The molecule has 0 heterocycles. The molecule has 0 aliphatic rings. The van der Waals surface area contributed by atoms with E-state index >= 15 is 0 Å². The van der Waals surface area contributed by atoms with Crippen molar-refractivity contribution < 1.29 is 28.6 Å². The largest absolute Gasteiger partial charge is 0.462 e. The standard InChI is InChI=1S/C77H122O6/c1-4-7-10-13-16-19-22-25-28-30-32-34-35-36-37-38-39-40-41-43-44-46-49-52-55-58-61-64-67-70-76(79)82-73-74(72-81-75(78)69-66-63-60-57-54-51-48-27-24-21-18-15-12-9-6-3)83-77(80)71-68-65-62-59-56-53-50-47-45-42-33-31-29-26-23-20-17-14-11-8-5-2/h7-12,16-21,25-29,32-34,36-37,39-40,42-44,48,74H,4-6,13-15,22-24,30-31,35,38,41,45-47,49-73H2,1-3H3/b10-7-,11-8-,12-9-,19-16-,20-17-,21-18-,28-25-,29-26-,34-32-,37-36-,40-39-,42-33-,44-43-,48-27-. The molecule has 83 heavy (non-hydrogen) atoms. The average Bonchev–Trinajstić information content (AvgIpc) is 3.49. The highest BCUT2D eigenvalue weighted by Gasteiger charge is 2.19. The Labute approximate surface area is 511 Å². The van der Waals surface area contributed by atoms with Gasteiger partial charge in [0.1, 0.15) is 13.2 Å². The zero-order valence-corrected chi connectivity index (χ0v) is 53.4. The van der Waals surface area contributed by atoms with Gasteiger partial charge in [0.05, 0.1) is 0 Å². The van der Waals surface area contributed by atoms with E-state index < -0.39 is 6.10 Å². The molecule has 0 rings (SSSR count). The van der Waals surface area contributed by atoms with Crippen LogP contribution in [0.3, 0.4) is 0 Å². The zero-order chi connectivity index (χ0) is 59.9. The Bertz CT molecular complexity index is 1890. The van der Waals surface area contributed by atoms with Crippen LogP contribution in [-0.2, 0) is 28.6 Å². The second kappa shape index (κ2) is 69.3. The van der Waals surface area contributed by atoms with Crippen molar-refractivity contribution in [3.05, 3.63) is 170 Å². The molecule has 0 aromatic heterocycles. The molecule has 0 radical (unpaired) electrons. The van der Waals surface area contributed by atoms with E-state index in [0.29, 0.717) is 19.3 Å². The molecule has 6 nitrogen and oxygen atoms in total. The normalized spacial score (nSPS) is 13.2. The topological polar surface area (TPSA) is 78.9 Å². The molecule has 0 saturated heterocycles. The van der Waals surface area contributed by atoms with Gasteiger partial charge in [-0.2, -0.15) is 0 Å². The van der Waals surface area contributed by atoms with Crippen molar-refractivity contribution in [2.75, 3.05) is 13.2 Å². The smallest absolute Gasteiger partial charge is 0.306 e. The number of allylic oxidation sites excluding steroid dienone is 28. The molecule has 1 unspecified atom stereocenters. The van der Waals surface area contributed by atoms with Gasteiger partial charge in [-0.05, 0) is 148 Å². The van der Waals surface area contributed by atoms with Crippen molar-refractivity contribution in [1.82, 2.24) is 0 Å². The quantitative estimate of drug-likeness (QED) is 0.0261. The molecule has 0 saturated carbocycles. The summed E-state index contributed by atoms with van der Waals surface area (Å²) >= 11 is 0. The second-order valence-corrected chi connectivity index (χ2v) is 21.6. The molecule has 0 N–H and O–H groups in total. The van der Waals surface area contributed by atoms with Gasteiger partial charge in [-0.15, -0.1) is 0 Å². The number of unbranched alkanes of at least 4 members (excludes halogenated alkanes) is 20. The SMILES string of the molecule is CC/C=C\C/C=C\C/C=C\C/C=C\C/C=C\C/C=C\C/C=C\CCCCCCCCCC(=O)OCC(COC(=O)CCCCCCC/C=C\C/C=C\C/C=C\CC)OC(=O)CCCCCCCCCC/C=C\C/C=C\C/C=C\C/C=C\CC. The minimum absolute atomic E-state index is 0.100. The highest BCUT2D eigenvalue weighted by molar-refractivity contribution is 5.71. The van der Waals surface area contributed by atoms with Crippen LogP contribution < -0.4 is 0 Å². The van der Waals surface area contributed by atoms with Gasteiger partial charge in [-0.25, -0.2) is 0 Å². The molecule has 1 atom stereocenters. The molecule has 0 aliphatic carbocycles. The Morgan fingerprint density at radius 3 is 0.675 bits per heavy atom. The lowest BCUT2D eigenvalue weighted by Crippen LogP contribution is -2.30. The zero-order valence-electron chi connectivity index (χ0n) is 53.4. The predicted molar refractivity (Wildman–Crippen MR) is 361 cm³/mol. The summed E-state index contributed by atoms with van der Waals surface area (Å²) < 4.78 is 16.9. The molecule has 0 aromatic rings. The third-order valence-corrected chi connectivity index (χ3v) is 13.7. The van der Waals surface area contributed by atoms with Gasteiger partial charge < -0.3 is 14.2 Å². The lowest BCUT2D eigenvalue weighted by molar-refractivity contribution is -0.167. The van der Waals surface area contributed by atoms with E-state index in [9.17, 15) is 14.4 Å². The van der Waals surface area contributed by atoms with Crippen molar-refractivity contribution in [2.45, 2.75) is 284 Å². The molecule has 0 spiro atoms. The fourth-order valence-electron chi connectivity index (χ4n) is 8.78. The van der Waals surface area contributed by atoms with Crippen molar-refractivity contribution in [1.29, 1.82) is 0 Å². The molecule has 0 fully saturated rings. The Morgan fingerprint density at radius 2 is 0.434 bits per heavy atom. The predicted octanol–water partition coefficient (Wildman–Crippen LogP) is 23.4. The van der Waals surface area contributed by atoms with E-state index in [1.54, 1.807) is 0 Å². The first-order valence-corrected chi connectivity index (χ1v) is 33.6. The number of carbonyl (C=O) groups is 3. The monoisotopic (exact) mass is 1140 g/mol. The van der Waals surface area contributed by atoms with Crippen LogP contribution in [-0.4, -0.2) is 37.2 Å². The first kappa shape index (κ1) is 77.8. The summed E-state index contributed by atoms with van der Waals surface area (Å²) in [6, 6.07) is 0. The lowest BCUT2D eigenvalue weighted by Gasteiger charge is -2.18. The van der Waals surface area contributed by atoms with Crippen LogP contribution in [0.15, 0.2) is 170 Å². The van der Waals surface area contributed by atoms with E-state index in [1.165, 1.54) is 57.8 Å². The van der Waals surface area contributed by atoms with Crippen LogP contribution in [0.25, 0.3) is 0 Å². The summed E-state index contributed by atoms with van der Waals surface area (Å²) in [5.41, 5.74) is 0. The van der Waals surface area contributed by atoms with Crippen LogP contribution in [0, 0.1) is 0 Å². The van der Waals surface area contributed by atoms with Gasteiger partial charge in [0.25, 0.3) is 0 Å². The molecular weight excluding hydrogens is 1020 g/mol. The molecule has 0 bridgehead atoms. The number of hydrogen-bond donors (Lipinski definition) is 0. The second-order valence-electron chi connectivity index (χ2n) is 21.6. The van der Waals surface area contributed by atoms with Gasteiger partial charge in [-0.1, -0.05) is 281 Å². The van der Waals surface area contributed by atoms with Gasteiger partial charge in [0.15, 0.2) is 6.10 Å². The summed E-state index contributed by atoms with van der Waals surface area (Å²) in [5, 5.41) is 0. The van der Waals surface area contributed by atoms with Crippen LogP contribution in [0.2, 0.25) is 0 Å². The van der Waals surface area contributed by atoms with E-state index in [1.807, 2.05) is 0 Å². The third kappa shape index (κ3) is 67.4. The van der Waals surface area contributed by atoms with Crippen LogP contribution in [0.4, 0.5) is 0 Å². The summed E-state index contributed by atoms with van der Waals surface area (Å²) in [4.78, 5) is 38.4. The Morgan fingerprint density at radius 1 is 0.241 bits per heavy atom. The summed E-state index contributed by atoms with van der Waals surface area (Å²) in [5.74, 6) is -0.937. The molecule has 6 heteroatoms. The van der Waals surface area contributed by atoms with Gasteiger partial charge in [0, 0.05) is 19.3 Å². The fraction of sp³-hybridized carbons (Fsp3) is 0.597. The Kier molecular flexibility index (Phi) is 64.9. The van der Waals surface area contributed by atoms with Crippen LogP contribution >= 0.6 is 0 Å². The maximum atomic E-state index is 12.9. The van der Waals surface area contributed by atoms with Crippen molar-refractivity contribution in [2.24, 2.45) is 0 Å². The van der Waals surface area contributed by atoms with Gasteiger partial charge >= 0.3 is 17.9 Å². The maximum absolute atomic E-state index is 12.9. The summed E-state index contributed by atoms with van der Waals surface area (Å²) in [7, 11) is 0. The highest BCUT2D eigenvalue weighted by Crippen LogP contribution is 2.15. The first-order chi connectivity index (χ1) is 41.0. The van der Waals surface area contributed by atoms with E-state index in [0.717, 1.165) is 180 Å². The van der Waals surface area contributed by atoms with E-state index in [4.69, 9.17) is 14.2 Å². The Balaban J connectivity index is 4.42.